The van der Waals surface area contributed by atoms with Gasteiger partial charge in [-0.2, -0.15) is 9.47 Å². The van der Waals surface area contributed by atoms with Crippen LogP contribution in [0.25, 0.3) is 38.2 Å². The number of phenols is 1. The largest absolute Gasteiger partial charge is 0.508 e. The molecule has 0 aliphatic carbocycles. The highest BCUT2D eigenvalue weighted by Gasteiger charge is 2.22. The molecule has 3 N–H and O–H groups in total. The first-order chi connectivity index (χ1) is 17.8. The molecule has 4 heterocycles. The van der Waals surface area contributed by atoms with Gasteiger partial charge in [0.2, 0.25) is 0 Å². The standard InChI is InChI=1S/C25H19FN8O2S/c1-12-5-3-4-6-17(12)34-18(30-24-19(25(34)36)13(2)32-37-24)10-33-23-20(22(27)28-11-29-23)21(31-33)14-7-15(26)9-16(35)8-14/h3-9,11,35H,10H2,1-2H3,(H2,27,28,29). The molecule has 0 saturated heterocycles. The molecule has 0 atom stereocenters. The number of phenolic OH excluding ortho intramolecular Hbond substituents is 1. The number of nitrogen functional groups attached to an aromatic ring is 1. The molecule has 37 heavy (non-hydrogen) atoms. The fraction of sp³-hybridized carbons (Fsp3) is 0.120. The molecule has 4 aromatic heterocycles. The van der Waals surface area contributed by atoms with Gasteiger partial charge in [-0.25, -0.2) is 24.0 Å². The van der Waals surface area contributed by atoms with Crippen LogP contribution in [0.15, 0.2) is 53.6 Å². The van der Waals surface area contributed by atoms with E-state index in [0.717, 1.165) is 23.2 Å². The van der Waals surface area contributed by atoms with E-state index < -0.39 is 5.82 Å². The van der Waals surface area contributed by atoms with E-state index in [0.29, 0.717) is 49.7 Å². The second-order valence-electron chi connectivity index (χ2n) is 8.57. The number of rotatable bonds is 4. The van der Waals surface area contributed by atoms with Gasteiger partial charge in [0.25, 0.3) is 5.56 Å². The normalized spacial score (nSPS) is 11.5. The number of anilines is 1. The Bertz CT molecular complexity index is 1890. The molecule has 0 amide bonds. The third-order valence-electron chi connectivity index (χ3n) is 6.11. The molecule has 0 aliphatic heterocycles. The summed E-state index contributed by atoms with van der Waals surface area (Å²) in [6, 6.07) is 11.1. The third kappa shape index (κ3) is 3.69. The first-order valence-corrected chi connectivity index (χ1v) is 12.0. The van der Waals surface area contributed by atoms with Crippen LogP contribution in [0.1, 0.15) is 17.1 Å². The quantitative estimate of drug-likeness (QED) is 0.363. The molecular weight excluding hydrogens is 495 g/mol. The Kier molecular flexibility index (Phi) is 5.19. The van der Waals surface area contributed by atoms with Gasteiger partial charge in [0.1, 0.15) is 47.2 Å². The highest BCUT2D eigenvalue weighted by Crippen LogP contribution is 2.33. The summed E-state index contributed by atoms with van der Waals surface area (Å²) in [6.07, 6.45) is 1.31. The van der Waals surface area contributed by atoms with Crippen LogP contribution in [0.2, 0.25) is 0 Å². The number of aromatic hydroxyl groups is 1. The van der Waals surface area contributed by atoms with Gasteiger partial charge in [-0.3, -0.25) is 9.36 Å². The summed E-state index contributed by atoms with van der Waals surface area (Å²) in [6.45, 7) is 3.75. The topological polar surface area (TPSA) is 138 Å². The maximum absolute atomic E-state index is 14.1. The van der Waals surface area contributed by atoms with E-state index in [1.54, 1.807) is 16.2 Å². The second-order valence-corrected chi connectivity index (χ2v) is 9.32. The first-order valence-electron chi connectivity index (χ1n) is 11.2. The summed E-state index contributed by atoms with van der Waals surface area (Å²) < 4.78 is 21.6. The average Bonchev–Trinajstić information content (AvgIpc) is 3.41. The van der Waals surface area contributed by atoms with Crippen LogP contribution in [0.3, 0.4) is 0 Å². The molecule has 0 saturated carbocycles. The van der Waals surface area contributed by atoms with Crippen LogP contribution in [0, 0.1) is 19.7 Å². The minimum absolute atomic E-state index is 0.0463. The van der Waals surface area contributed by atoms with Crippen LogP contribution in [0.5, 0.6) is 5.75 Å². The SMILES string of the molecule is Cc1ccccc1-n1c(Cn2nc(-c3cc(O)cc(F)c3)c3c(N)ncnc32)nc2snc(C)c2c1=O. The van der Waals surface area contributed by atoms with E-state index >= 15 is 0 Å². The Morgan fingerprint density at radius 1 is 1.11 bits per heavy atom. The fourth-order valence-corrected chi connectivity index (χ4v) is 5.22. The van der Waals surface area contributed by atoms with Crippen LogP contribution >= 0.6 is 11.5 Å². The van der Waals surface area contributed by atoms with E-state index in [-0.39, 0.29) is 23.7 Å². The van der Waals surface area contributed by atoms with E-state index in [1.165, 1.54) is 18.5 Å². The molecule has 10 nitrogen and oxygen atoms in total. The summed E-state index contributed by atoms with van der Waals surface area (Å²) in [5, 5.41) is 15.5. The molecule has 0 spiro atoms. The van der Waals surface area contributed by atoms with Gasteiger partial charge in [0, 0.05) is 11.6 Å². The highest BCUT2D eigenvalue weighted by molar-refractivity contribution is 7.12. The molecule has 6 aromatic rings. The molecule has 0 radical (unpaired) electrons. The Labute approximate surface area is 212 Å². The number of hydrogen-bond acceptors (Lipinski definition) is 9. The zero-order valence-electron chi connectivity index (χ0n) is 19.7. The van der Waals surface area contributed by atoms with Crippen molar-refractivity contribution in [3.8, 4) is 22.7 Å². The predicted octanol–water partition coefficient (Wildman–Crippen LogP) is 3.74. The molecule has 2 aromatic carbocycles. The number of para-hydroxylation sites is 1. The number of fused-ring (bicyclic) bond motifs is 2. The van der Waals surface area contributed by atoms with Gasteiger partial charge in [0.15, 0.2) is 10.5 Å². The molecule has 184 valence electrons. The summed E-state index contributed by atoms with van der Waals surface area (Å²) in [5.74, 6) is -0.332. The van der Waals surface area contributed by atoms with E-state index in [2.05, 4.69) is 19.4 Å². The highest BCUT2D eigenvalue weighted by atomic mass is 32.1. The van der Waals surface area contributed by atoms with Crippen LogP contribution < -0.4 is 11.3 Å². The molecule has 12 heteroatoms. The number of halogens is 1. The van der Waals surface area contributed by atoms with Crippen molar-refractivity contribution in [2.45, 2.75) is 20.4 Å². The summed E-state index contributed by atoms with van der Waals surface area (Å²) in [5.41, 5.74) is 9.11. The maximum atomic E-state index is 14.1. The van der Waals surface area contributed by atoms with Crippen molar-refractivity contribution in [3.05, 3.63) is 82.0 Å². The second kappa shape index (κ2) is 8.45. The third-order valence-corrected chi connectivity index (χ3v) is 6.95. The molecule has 0 fully saturated rings. The summed E-state index contributed by atoms with van der Waals surface area (Å²) in [7, 11) is 0. The van der Waals surface area contributed by atoms with Crippen molar-refractivity contribution in [1.82, 2.24) is 33.7 Å². The Morgan fingerprint density at radius 2 is 1.92 bits per heavy atom. The molecule has 0 bridgehead atoms. The summed E-state index contributed by atoms with van der Waals surface area (Å²) >= 11 is 1.15. The summed E-state index contributed by atoms with van der Waals surface area (Å²) in [4.78, 5) is 27.5. The van der Waals surface area contributed by atoms with Gasteiger partial charge in [-0.15, -0.1) is 0 Å². The van der Waals surface area contributed by atoms with Gasteiger partial charge in [-0.1, -0.05) is 18.2 Å². The van der Waals surface area contributed by atoms with Crippen LogP contribution in [-0.2, 0) is 6.54 Å². The van der Waals surface area contributed by atoms with Crippen molar-refractivity contribution in [1.29, 1.82) is 0 Å². The number of nitrogens with zero attached hydrogens (tertiary/aromatic N) is 7. The fourth-order valence-electron chi connectivity index (χ4n) is 4.43. The van der Waals surface area contributed by atoms with E-state index in [4.69, 9.17) is 10.7 Å². The molecule has 0 aliphatic rings. The number of hydrogen-bond donors (Lipinski definition) is 2. The van der Waals surface area contributed by atoms with Crippen molar-refractivity contribution in [2.75, 3.05) is 5.73 Å². The van der Waals surface area contributed by atoms with Crippen LogP contribution in [-0.4, -0.2) is 38.8 Å². The number of nitrogens with two attached hydrogens (primary N) is 1. The lowest BCUT2D eigenvalue weighted by Crippen LogP contribution is -2.26. The maximum Gasteiger partial charge on any atom is 0.268 e. The Balaban J connectivity index is 1.62. The molecular formula is C25H19FN8O2S. The zero-order chi connectivity index (χ0) is 25.8. The van der Waals surface area contributed by atoms with Crippen molar-refractivity contribution < 1.29 is 9.50 Å². The van der Waals surface area contributed by atoms with Gasteiger partial charge >= 0.3 is 0 Å². The van der Waals surface area contributed by atoms with E-state index in [1.807, 2.05) is 31.2 Å². The van der Waals surface area contributed by atoms with Gasteiger partial charge < -0.3 is 10.8 Å². The average molecular weight is 515 g/mol. The first kappa shape index (κ1) is 22.7. The molecule has 6 rings (SSSR count). The monoisotopic (exact) mass is 514 g/mol. The van der Waals surface area contributed by atoms with Crippen molar-refractivity contribution in [2.24, 2.45) is 0 Å². The van der Waals surface area contributed by atoms with Crippen molar-refractivity contribution in [3.63, 3.8) is 0 Å². The number of benzene rings is 2. The lowest BCUT2D eigenvalue weighted by Gasteiger charge is -2.15. The van der Waals surface area contributed by atoms with Crippen LogP contribution in [0.4, 0.5) is 10.2 Å². The molecule has 0 unspecified atom stereocenters. The van der Waals surface area contributed by atoms with E-state index in [9.17, 15) is 14.3 Å². The minimum atomic E-state index is -0.630. The minimum Gasteiger partial charge on any atom is -0.508 e. The number of aryl methyl sites for hydroxylation is 2. The van der Waals surface area contributed by atoms with Gasteiger partial charge in [0.05, 0.1) is 16.8 Å². The van der Waals surface area contributed by atoms with Crippen molar-refractivity contribution >= 4 is 38.6 Å². The smallest absolute Gasteiger partial charge is 0.268 e. The lowest BCUT2D eigenvalue weighted by atomic mass is 10.1. The zero-order valence-corrected chi connectivity index (χ0v) is 20.5. The Hall–Kier alpha value is -4.71. The predicted molar refractivity (Wildman–Crippen MR) is 138 cm³/mol. The van der Waals surface area contributed by atoms with Gasteiger partial charge in [-0.05, 0) is 49.1 Å². The lowest BCUT2D eigenvalue weighted by molar-refractivity contribution is 0.469. The Morgan fingerprint density at radius 3 is 2.70 bits per heavy atom. The number of aromatic nitrogens is 7.